The lowest BCUT2D eigenvalue weighted by Crippen LogP contribution is -2.02. The molecule has 0 N–H and O–H groups in total. The minimum Gasteiger partial charge on any atom is -0.465 e. The van der Waals surface area contributed by atoms with Crippen LogP contribution in [0, 0.1) is 23.7 Å². The molecule has 0 fully saturated rings. The molecule has 5 nitrogen and oxygen atoms in total. The number of hydrogen-bond donors (Lipinski definition) is 0. The molecule has 1 aromatic carbocycles. The highest BCUT2D eigenvalue weighted by atomic mass is 32.1. The van der Waals surface area contributed by atoms with Gasteiger partial charge in [0.25, 0.3) is 0 Å². The maximum absolute atomic E-state index is 12.1. The van der Waals surface area contributed by atoms with Crippen molar-refractivity contribution in [3.8, 4) is 39.3 Å². The van der Waals surface area contributed by atoms with Crippen LogP contribution < -0.4 is 0 Å². The van der Waals surface area contributed by atoms with Gasteiger partial charge in [0.1, 0.15) is 22.7 Å². The normalized spacial score (nSPS) is 11.5. The molecule has 0 aliphatic heterocycles. The van der Waals surface area contributed by atoms with E-state index in [1.807, 2.05) is 6.07 Å². The van der Waals surface area contributed by atoms with Gasteiger partial charge in [0.15, 0.2) is 0 Å². The van der Waals surface area contributed by atoms with Crippen LogP contribution in [0.25, 0.3) is 38.0 Å². The number of hydrogen-bond acceptors (Lipinski definition) is 8. The van der Waals surface area contributed by atoms with Crippen LogP contribution in [-0.2, 0) is 22.4 Å². The average Bonchev–Trinajstić information content (AvgIpc) is 3.74. The van der Waals surface area contributed by atoms with E-state index in [4.69, 9.17) is 19.9 Å². The van der Waals surface area contributed by atoms with Crippen molar-refractivity contribution < 1.29 is 9.53 Å². The Morgan fingerprint density at radius 1 is 0.927 bits per heavy atom. The second-order valence-corrected chi connectivity index (χ2v) is 12.7. The standard InChI is InChI=1S/C33H35N3O2S3/c1-5-8-10-12-14-22-18-29(39-27(22)7-3)25-16-17-26(32-31(25)35-41-36-32)30-19-23(15-13-11-9-6-2)28(40-30)20-24(21-34)33(37)38-4/h3,16-20H,5-6,8-15H2,1-2,4H3/b24-20+. The van der Waals surface area contributed by atoms with Crippen molar-refractivity contribution in [2.75, 3.05) is 7.11 Å². The number of terminal acetylenes is 1. The number of fused-ring (bicyclic) bond motifs is 1. The minimum atomic E-state index is -0.623. The van der Waals surface area contributed by atoms with Crippen LogP contribution in [0.1, 0.15) is 86.1 Å². The topological polar surface area (TPSA) is 75.9 Å². The van der Waals surface area contributed by atoms with E-state index in [1.54, 1.807) is 28.7 Å². The first kappa shape index (κ1) is 30.7. The highest BCUT2D eigenvalue weighted by Crippen LogP contribution is 2.42. The maximum Gasteiger partial charge on any atom is 0.348 e. The van der Waals surface area contributed by atoms with Crippen LogP contribution in [0.3, 0.4) is 0 Å². The summed E-state index contributed by atoms with van der Waals surface area (Å²) in [6.45, 7) is 4.42. The number of aromatic nitrogens is 2. The van der Waals surface area contributed by atoms with Gasteiger partial charge in [0.05, 0.1) is 23.7 Å². The fourth-order valence-electron chi connectivity index (χ4n) is 4.89. The van der Waals surface area contributed by atoms with Crippen LogP contribution in [0.5, 0.6) is 0 Å². The molecule has 41 heavy (non-hydrogen) atoms. The lowest BCUT2D eigenvalue weighted by molar-refractivity contribution is -0.135. The zero-order valence-corrected chi connectivity index (χ0v) is 26.4. The number of nitrogens with zero attached hydrogens (tertiary/aromatic N) is 3. The Labute approximate surface area is 255 Å². The Morgan fingerprint density at radius 2 is 1.51 bits per heavy atom. The van der Waals surface area contributed by atoms with E-state index in [0.717, 1.165) is 85.8 Å². The summed E-state index contributed by atoms with van der Waals surface area (Å²) in [5.74, 6) is 2.27. The number of ether oxygens (including phenoxy) is 1. The predicted octanol–water partition coefficient (Wildman–Crippen LogP) is 9.46. The molecule has 0 saturated carbocycles. The van der Waals surface area contributed by atoms with Crippen molar-refractivity contribution in [3.05, 3.63) is 50.7 Å². The average molecular weight is 602 g/mol. The number of methoxy groups -OCH3 is 1. The fraction of sp³-hybridized carbons (Fsp3) is 0.394. The largest absolute Gasteiger partial charge is 0.465 e. The molecule has 0 saturated heterocycles. The fourth-order valence-corrected chi connectivity index (χ4v) is 7.69. The Morgan fingerprint density at radius 3 is 2.07 bits per heavy atom. The zero-order chi connectivity index (χ0) is 29.2. The molecular weight excluding hydrogens is 567 g/mol. The molecule has 0 spiro atoms. The third kappa shape index (κ3) is 7.32. The second kappa shape index (κ2) is 15.1. The molecule has 212 valence electrons. The van der Waals surface area contributed by atoms with E-state index in [-0.39, 0.29) is 5.57 Å². The number of rotatable bonds is 14. The summed E-state index contributed by atoms with van der Waals surface area (Å²) in [5.41, 5.74) is 6.15. The molecule has 0 aliphatic carbocycles. The van der Waals surface area contributed by atoms with Crippen molar-refractivity contribution in [2.24, 2.45) is 0 Å². The SMILES string of the molecule is C#Cc1sc(-c2ccc(-c3cc(CCCCCC)c(/C=C(\C#N)C(=O)OC)s3)c3nsnc23)cc1CCCCCC. The Hall–Kier alpha value is -3.30. The number of nitriles is 1. The summed E-state index contributed by atoms with van der Waals surface area (Å²) in [5, 5.41) is 9.57. The molecular formula is C33H35N3O2S3. The molecule has 4 rings (SSSR count). The van der Waals surface area contributed by atoms with E-state index in [0.29, 0.717) is 0 Å². The summed E-state index contributed by atoms with van der Waals surface area (Å²) in [4.78, 5) is 16.2. The van der Waals surface area contributed by atoms with Crippen LogP contribution in [0.4, 0.5) is 0 Å². The number of benzene rings is 1. The van der Waals surface area contributed by atoms with Gasteiger partial charge in [-0.2, -0.15) is 14.0 Å². The van der Waals surface area contributed by atoms with Gasteiger partial charge >= 0.3 is 5.97 Å². The van der Waals surface area contributed by atoms with Gasteiger partial charge in [0, 0.05) is 25.8 Å². The Bertz CT molecular complexity index is 1610. The third-order valence-corrected chi connectivity index (χ3v) is 9.96. The van der Waals surface area contributed by atoms with Crippen molar-refractivity contribution >= 4 is 57.5 Å². The maximum atomic E-state index is 12.1. The highest BCUT2D eigenvalue weighted by Gasteiger charge is 2.20. The predicted molar refractivity (Wildman–Crippen MR) is 173 cm³/mol. The first-order chi connectivity index (χ1) is 20.0. The molecule has 3 aromatic heterocycles. The Balaban J connectivity index is 1.72. The smallest absolute Gasteiger partial charge is 0.348 e. The number of esters is 1. The molecule has 8 heteroatoms. The molecule has 0 amide bonds. The number of carbonyl (C=O) groups excluding carboxylic acids is 1. The van der Waals surface area contributed by atoms with Crippen molar-refractivity contribution in [1.29, 1.82) is 5.26 Å². The number of aryl methyl sites for hydroxylation is 2. The van der Waals surface area contributed by atoms with Crippen LogP contribution >= 0.6 is 34.4 Å². The van der Waals surface area contributed by atoms with Crippen LogP contribution in [0.15, 0.2) is 29.8 Å². The second-order valence-electron chi connectivity index (χ2n) is 10.0. The summed E-state index contributed by atoms with van der Waals surface area (Å²) < 4.78 is 14.2. The zero-order valence-electron chi connectivity index (χ0n) is 23.9. The van der Waals surface area contributed by atoms with Gasteiger partial charge in [-0.25, -0.2) is 4.79 Å². The summed E-state index contributed by atoms with van der Waals surface area (Å²) in [7, 11) is 1.29. The summed E-state index contributed by atoms with van der Waals surface area (Å²) >= 11 is 4.43. The van der Waals surface area contributed by atoms with Gasteiger partial charge < -0.3 is 4.74 Å². The monoisotopic (exact) mass is 601 g/mol. The number of unbranched alkanes of at least 4 members (excludes halogenated alkanes) is 6. The molecule has 0 aliphatic rings. The molecule has 4 aromatic rings. The summed E-state index contributed by atoms with van der Waals surface area (Å²) in [6.07, 6.45) is 18.8. The van der Waals surface area contributed by atoms with Gasteiger partial charge in [0.2, 0.25) is 0 Å². The van der Waals surface area contributed by atoms with Gasteiger partial charge in [-0.05, 0) is 55.0 Å². The van der Waals surface area contributed by atoms with Crippen molar-refractivity contribution in [2.45, 2.75) is 78.1 Å². The van der Waals surface area contributed by atoms with Gasteiger partial charge in [-0.1, -0.05) is 70.4 Å². The first-order valence-electron chi connectivity index (χ1n) is 14.2. The van der Waals surface area contributed by atoms with Gasteiger partial charge in [-0.15, -0.1) is 29.1 Å². The van der Waals surface area contributed by atoms with Crippen molar-refractivity contribution in [3.63, 3.8) is 0 Å². The molecule has 3 heterocycles. The number of thiophene rings is 2. The third-order valence-electron chi connectivity index (χ3n) is 7.13. The van der Waals surface area contributed by atoms with Crippen molar-refractivity contribution in [1.82, 2.24) is 8.75 Å². The molecule has 0 unspecified atom stereocenters. The number of carbonyl (C=O) groups is 1. The van der Waals surface area contributed by atoms with Crippen LogP contribution in [0.2, 0.25) is 0 Å². The van der Waals surface area contributed by atoms with E-state index in [2.05, 4.69) is 44.0 Å². The molecule has 0 atom stereocenters. The minimum absolute atomic E-state index is 0.000890. The van der Waals surface area contributed by atoms with Crippen LogP contribution in [-0.4, -0.2) is 21.8 Å². The first-order valence-corrected chi connectivity index (χ1v) is 16.6. The van der Waals surface area contributed by atoms with E-state index in [9.17, 15) is 10.1 Å². The lowest BCUT2D eigenvalue weighted by atomic mass is 10.0. The molecule has 0 radical (unpaired) electrons. The van der Waals surface area contributed by atoms with E-state index in [1.165, 1.54) is 50.1 Å². The van der Waals surface area contributed by atoms with Gasteiger partial charge in [-0.3, -0.25) is 0 Å². The molecule has 0 bridgehead atoms. The van der Waals surface area contributed by atoms with E-state index >= 15 is 0 Å². The highest BCUT2D eigenvalue weighted by molar-refractivity contribution is 7.17. The van der Waals surface area contributed by atoms with E-state index < -0.39 is 5.97 Å². The summed E-state index contributed by atoms with van der Waals surface area (Å²) in [6, 6.07) is 10.6. The quantitative estimate of drug-likeness (QED) is 0.0473. The Kier molecular flexibility index (Phi) is 11.3. The lowest BCUT2D eigenvalue weighted by Gasteiger charge is -2.03.